The maximum Gasteiger partial charge on any atom is 0.242 e. The van der Waals surface area contributed by atoms with Crippen LogP contribution < -0.4 is 16.0 Å². The first-order chi connectivity index (χ1) is 7.16. The lowest BCUT2D eigenvalue weighted by Crippen LogP contribution is -2.54. The van der Waals surface area contributed by atoms with Crippen molar-refractivity contribution >= 4 is 11.8 Å². The lowest BCUT2D eigenvalue weighted by atomic mass is 10.0. The van der Waals surface area contributed by atoms with E-state index >= 15 is 0 Å². The Morgan fingerprint density at radius 3 is 2.47 bits per heavy atom. The van der Waals surface area contributed by atoms with Crippen LogP contribution in [0, 0.1) is 5.92 Å². The minimum absolute atomic E-state index is 0.0211. The molecule has 84 valence electrons. The van der Waals surface area contributed by atoms with Crippen molar-refractivity contribution in [3.8, 4) is 0 Å². The van der Waals surface area contributed by atoms with E-state index in [1.165, 1.54) is 0 Å². The molecule has 1 aliphatic heterocycles. The molecule has 0 bridgehead atoms. The third-order valence-corrected chi connectivity index (χ3v) is 2.83. The number of carbonyl (C=O) groups is 2. The second-order valence-electron chi connectivity index (χ2n) is 4.37. The molecule has 0 radical (unpaired) electrons. The van der Waals surface area contributed by atoms with Crippen molar-refractivity contribution in [1.82, 2.24) is 16.0 Å². The van der Waals surface area contributed by atoms with E-state index in [0.29, 0.717) is 6.04 Å². The summed E-state index contributed by atoms with van der Waals surface area (Å²) in [7, 11) is 0. The molecular formula is C10H17N3O2. The van der Waals surface area contributed by atoms with E-state index in [1.807, 2.05) is 0 Å². The van der Waals surface area contributed by atoms with Gasteiger partial charge in [-0.2, -0.15) is 0 Å². The van der Waals surface area contributed by atoms with Crippen molar-refractivity contribution in [2.75, 3.05) is 13.1 Å². The second kappa shape index (κ2) is 4.18. The molecule has 1 saturated carbocycles. The maximum absolute atomic E-state index is 11.5. The van der Waals surface area contributed by atoms with Crippen molar-refractivity contribution in [3.63, 3.8) is 0 Å². The van der Waals surface area contributed by atoms with Gasteiger partial charge in [-0.1, -0.05) is 0 Å². The quantitative estimate of drug-likeness (QED) is 0.558. The topological polar surface area (TPSA) is 70.2 Å². The summed E-state index contributed by atoms with van der Waals surface area (Å²) in [6.07, 6.45) is 2.14. The van der Waals surface area contributed by atoms with Crippen LogP contribution in [0.3, 0.4) is 0 Å². The summed E-state index contributed by atoms with van der Waals surface area (Å²) in [6, 6.07) is -0.0686. The standard InChI is InChI=1S/C10H17N3O2/c1-6(9(14)13-8-2-3-8)12-10(15)7-4-11-5-7/h6-8,11H,2-5H2,1H3,(H,12,15)(H,13,14). The lowest BCUT2D eigenvalue weighted by Gasteiger charge is -2.27. The van der Waals surface area contributed by atoms with E-state index in [9.17, 15) is 9.59 Å². The third kappa shape index (κ3) is 2.68. The van der Waals surface area contributed by atoms with Crippen LogP contribution in [0.4, 0.5) is 0 Å². The highest BCUT2D eigenvalue weighted by Crippen LogP contribution is 2.18. The Morgan fingerprint density at radius 2 is 2.00 bits per heavy atom. The fourth-order valence-electron chi connectivity index (χ4n) is 1.42. The molecule has 0 aromatic rings. The molecule has 5 heteroatoms. The Kier molecular flexibility index (Phi) is 2.90. The van der Waals surface area contributed by atoms with Crippen LogP contribution in [0.5, 0.6) is 0 Å². The summed E-state index contributed by atoms with van der Waals surface area (Å²) in [5, 5.41) is 8.61. The SMILES string of the molecule is CC(NC(=O)C1CNC1)C(=O)NC1CC1. The second-order valence-corrected chi connectivity index (χ2v) is 4.37. The number of rotatable bonds is 4. The van der Waals surface area contributed by atoms with Gasteiger partial charge in [-0.15, -0.1) is 0 Å². The summed E-state index contributed by atoms with van der Waals surface area (Å²) < 4.78 is 0. The molecule has 1 aliphatic carbocycles. The molecule has 0 aromatic carbocycles. The average Bonchev–Trinajstić information content (AvgIpc) is 2.84. The fourth-order valence-corrected chi connectivity index (χ4v) is 1.42. The highest BCUT2D eigenvalue weighted by Gasteiger charge is 2.29. The van der Waals surface area contributed by atoms with Crippen molar-refractivity contribution in [2.45, 2.75) is 31.8 Å². The van der Waals surface area contributed by atoms with Gasteiger partial charge >= 0.3 is 0 Å². The molecule has 1 heterocycles. The molecule has 0 aromatic heterocycles. The van der Waals surface area contributed by atoms with Crippen LogP contribution in [-0.4, -0.2) is 37.0 Å². The van der Waals surface area contributed by atoms with Gasteiger partial charge in [-0.05, 0) is 19.8 Å². The Bertz CT molecular complexity index is 272. The molecule has 1 saturated heterocycles. The van der Waals surface area contributed by atoms with Gasteiger partial charge in [-0.3, -0.25) is 9.59 Å². The van der Waals surface area contributed by atoms with Gasteiger partial charge < -0.3 is 16.0 Å². The molecule has 2 fully saturated rings. The number of hydrogen-bond donors (Lipinski definition) is 3. The van der Waals surface area contributed by atoms with Crippen molar-refractivity contribution in [3.05, 3.63) is 0 Å². The van der Waals surface area contributed by atoms with Gasteiger partial charge in [0, 0.05) is 19.1 Å². The number of hydrogen-bond acceptors (Lipinski definition) is 3. The average molecular weight is 211 g/mol. The highest BCUT2D eigenvalue weighted by atomic mass is 16.2. The van der Waals surface area contributed by atoms with Gasteiger partial charge in [0.1, 0.15) is 6.04 Å². The molecule has 1 atom stereocenters. The van der Waals surface area contributed by atoms with Gasteiger partial charge in [0.15, 0.2) is 0 Å². The Hall–Kier alpha value is -1.10. The minimum atomic E-state index is -0.418. The van der Waals surface area contributed by atoms with Crippen molar-refractivity contribution in [1.29, 1.82) is 0 Å². The van der Waals surface area contributed by atoms with E-state index in [0.717, 1.165) is 25.9 Å². The first kappa shape index (κ1) is 10.4. The van der Waals surface area contributed by atoms with Crippen LogP contribution in [0.2, 0.25) is 0 Å². The predicted octanol–water partition coefficient (Wildman–Crippen LogP) is -1.01. The normalized spacial score (nSPS) is 22.7. The number of nitrogens with one attached hydrogen (secondary N) is 3. The van der Waals surface area contributed by atoms with Crippen LogP contribution in [0.25, 0.3) is 0 Å². The summed E-state index contributed by atoms with van der Waals surface area (Å²) in [5.41, 5.74) is 0. The first-order valence-corrected chi connectivity index (χ1v) is 5.48. The van der Waals surface area contributed by atoms with E-state index < -0.39 is 6.04 Å². The van der Waals surface area contributed by atoms with Gasteiger partial charge in [-0.25, -0.2) is 0 Å². The summed E-state index contributed by atoms with van der Waals surface area (Å²) in [5.74, 6) is -0.0495. The highest BCUT2D eigenvalue weighted by molar-refractivity contribution is 5.88. The zero-order valence-corrected chi connectivity index (χ0v) is 8.88. The minimum Gasteiger partial charge on any atom is -0.352 e. The zero-order valence-electron chi connectivity index (χ0n) is 8.88. The van der Waals surface area contributed by atoms with E-state index in [-0.39, 0.29) is 17.7 Å². The first-order valence-electron chi connectivity index (χ1n) is 5.48. The summed E-state index contributed by atoms with van der Waals surface area (Å²) >= 11 is 0. The molecule has 3 N–H and O–H groups in total. The van der Waals surface area contributed by atoms with Crippen LogP contribution >= 0.6 is 0 Å². The van der Waals surface area contributed by atoms with Crippen molar-refractivity contribution in [2.24, 2.45) is 5.92 Å². The zero-order chi connectivity index (χ0) is 10.8. The fraction of sp³-hybridized carbons (Fsp3) is 0.800. The monoisotopic (exact) mass is 211 g/mol. The Morgan fingerprint density at radius 1 is 1.33 bits per heavy atom. The lowest BCUT2D eigenvalue weighted by molar-refractivity contribution is -0.131. The molecular weight excluding hydrogens is 194 g/mol. The molecule has 15 heavy (non-hydrogen) atoms. The van der Waals surface area contributed by atoms with E-state index in [4.69, 9.17) is 0 Å². The molecule has 5 nitrogen and oxygen atoms in total. The molecule has 1 unspecified atom stereocenters. The maximum atomic E-state index is 11.5. The molecule has 2 rings (SSSR count). The van der Waals surface area contributed by atoms with Gasteiger partial charge in [0.25, 0.3) is 0 Å². The molecule has 2 amide bonds. The predicted molar refractivity (Wildman–Crippen MR) is 55.1 cm³/mol. The Balaban J connectivity index is 1.71. The largest absolute Gasteiger partial charge is 0.352 e. The number of carbonyl (C=O) groups excluding carboxylic acids is 2. The third-order valence-electron chi connectivity index (χ3n) is 2.83. The summed E-state index contributed by atoms with van der Waals surface area (Å²) in [6.45, 7) is 3.17. The van der Waals surface area contributed by atoms with Gasteiger partial charge in [0.2, 0.25) is 11.8 Å². The smallest absolute Gasteiger partial charge is 0.242 e. The molecule has 0 spiro atoms. The van der Waals surface area contributed by atoms with E-state index in [1.54, 1.807) is 6.92 Å². The van der Waals surface area contributed by atoms with Crippen LogP contribution in [-0.2, 0) is 9.59 Å². The van der Waals surface area contributed by atoms with Crippen LogP contribution in [0.1, 0.15) is 19.8 Å². The van der Waals surface area contributed by atoms with Crippen molar-refractivity contribution < 1.29 is 9.59 Å². The van der Waals surface area contributed by atoms with Crippen LogP contribution in [0.15, 0.2) is 0 Å². The summed E-state index contributed by atoms with van der Waals surface area (Å²) in [4.78, 5) is 23.0. The molecule has 2 aliphatic rings. The van der Waals surface area contributed by atoms with Gasteiger partial charge in [0.05, 0.1) is 5.92 Å². The van der Waals surface area contributed by atoms with E-state index in [2.05, 4.69) is 16.0 Å². The Labute approximate surface area is 89.0 Å². The number of amides is 2.